The number of hydrogen-bond donors (Lipinski definition) is 0. The maximum atomic E-state index is 4.22. The topological polar surface area (TPSA) is 38.7 Å². The first-order valence-corrected chi connectivity index (χ1v) is 3.66. The monoisotopic (exact) mass is 151 g/mol. The van der Waals surface area contributed by atoms with Crippen LogP contribution in [0.1, 0.15) is 32.4 Å². The quantitative estimate of drug-likeness (QED) is 0.563. The van der Waals surface area contributed by atoms with E-state index >= 15 is 0 Å². The molecule has 0 aromatic carbocycles. The molecule has 3 heteroatoms. The lowest BCUT2D eigenvalue weighted by molar-refractivity contribution is 0.538. The molecule has 0 amide bonds. The van der Waals surface area contributed by atoms with Crippen molar-refractivity contribution in [3.63, 3.8) is 0 Å². The van der Waals surface area contributed by atoms with E-state index in [2.05, 4.69) is 35.7 Å². The number of nitrogens with zero attached hydrogens (tertiary/aromatic N) is 3. The van der Waals surface area contributed by atoms with Gasteiger partial charge in [0, 0.05) is 5.41 Å². The Morgan fingerprint density at radius 1 is 1.18 bits per heavy atom. The van der Waals surface area contributed by atoms with Gasteiger partial charge in [-0.2, -0.15) is 0 Å². The molecule has 0 bridgehead atoms. The van der Waals surface area contributed by atoms with Crippen LogP contribution in [0.25, 0.3) is 0 Å². The zero-order valence-corrected chi connectivity index (χ0v) is 7.42. The number of rotatable bonds is 0. The van der Waals surface area contributed by atoms with Crippen LogP contribution in [0.4, 0.5) is 0 Å². The molecule has 11 heavy (non-hydrogen) atoms. The summed E-state index contributed by atoms with van der Waals surface area (Å²) in [6.07, 6.45) is 1.56. The molecule has 0 N–H and O–H groups in total. The van der Waals surface area contributed by atoms with Crippen molar-refractivity contribution in [3.8, 4) is 0 Å². The molecule has 1 heterocycles. The Morgan fingerprint density at radius 2 is 1.82 bits per heavy atom. The molecular formula is C8H13N3. The van der Waals surface area contributed by atoms with Crippen LogP contribution in [-0.4, -0.2) is 15.0 Å². The second-order valence-corrected chi connectivity index (χ2v) is 3.61. The Hall–Kier alpha value is -0.990. The molecular weight excluding hydrogens is 138 g/mol. The van der Waals surface area contributed by atoms with Gasteiger partial charge in [-0.1, -0.05) is 20.8 Å². The van der Waals surface area contributed by atoms with E-state index in [4.69, 9.17) is 0 Å². The normalized spacial score (nSPS) is 11.6. The van der Waals surface area contributed by atoms with Crippen LogP contribution in [0.5, 0.6) is 0 Å². The van der Waals surface area contributed by atoms with Gasteiger partial charge in [0.15, 0.2) is 0 Å². The Kier molecular flexibility index (Phi) is 1.89. The Labute approximate surface area is 66.9 Å². The summed E-state index contributed by atoms with van der Waals surface area (Å²) in [5.41, 5.74) is 0.0215. The summed E-state index contributed by atoms with van der Waals surface area (Å²) in [4.78, 5) is 12.2. The zero-order chi connectivity index (χ0) is 8.48. The van der Waals surface area contributed by atoms with E-state index in [0.29, 0.717) is 0 Å². The average Bonchev–Trinajstić information content (AvgIpc) is 1.86. The van der Waals surface area contributed by atoms with Crippen molar-refractivity contribution < 1.29 is 0 Å². The van der Waals surface area contributed by atoms with E-state index < -0.39 is 0 Å². The summed E-state index contributed by atoms with van der Waals surface area (Å²) in [5, 5.41) is 0. The first-order valence-electron chi connectivity index (χ1n) is 3.66. The minimum atomic E-state index is 0.0215. The van der Waals surface area contributed by atoms with Gasteiger partial charge in [0.1, 0.15) is 18.0 Å². The highest BCUT2D eigenvalue weighted by Crippen LogP contribution is 2.16. The molecule has 0 aliphatic heterocycles. The molecule has 0 atom stereocenters. The van der Waals surface area contributed by atoms with Gasteiger partial charge in [0.25, 0.3) is 0 Å². The lowest BCUT2D eigenvalue weighted by Crippen LogP contribution is -2.16. The molecule has 0 unspecified atom stereocenters. The van der Waals surface area contributed by atoms with Crippen LogP contribution >= 0.6 is 0 Å². The summed E-state index contributed by atoms with van der Waals surface area (Å²) < 4.78 is 0. The average molecular weight is 151 g/mol. The third-order valence-corrected chi connectivity index (χ3v) is 1.36. The molecule has 0 spiro atoms. The van der Waals surface area contributed by atoms with Gasteiger partial charge < -0.3 is 0 Å². The molecule has 0 fully saturated rings. The highest BCUT2D eigenvalue weighted by molar-refractivity contribution is 5.00. The van der Waals surface area contributed by atoms with Gasteiger partial charge in [-0.05, 0) is 6.92 Å². The molecule has 3 nitrogen and oxygen atoms in total. The predicted molar refractivity (Wildman–Crippen MR) is 43.3 cm³/mol. The maximum Gasteiger partial charge on any atom is 0.137 e. The fraction of sp³-hybridized carbons (Fsp3) is 0.625. The van der Waals surface area contributed by atoms with E-state index in [1.54, 1.807) is 6.33 Å². The third-order valence-electron chi connectivity index (χ3n) is 1.36. The van der Waals surface area contributed by atoms with Crippen LogP contribution in [0.2, 0.25) is 0 Å². The van der Waals surface area contributed by atoms with Crippen molar-refractivity contribution in [3.05, 3.63) is 18.0 Å². The first-order chi connectivity index (χ1) is 5.00. The molecule has 0 radical (unpaired) electrons. The standard InChI is InChI=1S/C8H13N3/c1-6-9-5-10-7(11-6)8(2,3)4/h5H,1-4H3. The Morgan fingerprint density at radius 3 is 2.18 bits per heavy atom. The van der Waals surface area contributed by atoms with Crippen molar-refractivity contribution in [2.45, 2.75) is 33.1 Å². The fourth-order valence-electron chi connectivity index (χ4n) is 0.739. The number of aryl methyl sites for hydroxylation is 1. The lowest BCUT2D eigenvalue weighted by Gasteiger charge is -2.15. The maximum absolute atomic E-state index is 4.22. The second-order valence-electron chi connectivity index (χ2n) is 3.61. The Bertz CT molecular complexity index is 250. The van der Waals surface area contributed by atoms with E-state index in [-0.39, 0.29) is 5.41 Å². The van der Waals surface area contributed by atoms with E-state index in [0.717, 1.165) is 11.6 Å². The number of hydrogen-bond acceptors (Lipinski definition) is 3. The summed E-state index contributed by atoms with van der Waals surface area (Å²) in [7, 11) is 0. The molecule has 1 aromatic heterocycles. The van der Waals surface area contributed by atoms with Gasteiger partial charge in [-0.3, -0.25) is 0 Å². The van der Waals surface area contributed by atoms with Crippen molar-refractivity contribution in [2.75, 3.05) is 0 Å². The van der Waals surface area contributed by atoms with Crippen LogP contribution in [-0.2, 0) is 5.41 Å². The van der Waals surface area contributed by atoms with Crippen LogP contribution in [0, 0.1) is 6.92 Å². The molecule has 0 saturated heterocycles. The summed E-state index contributed by atoms with van der Waals surface area (Å²) in [6.45, 7) is 8.13. The van der Waals surface area contributed by atoms with E-state index in [1.165, 1.54) is 0 Å². The SMILES string of the molecule is Cc1ncnc(C(C)(C)C)n1. The van der Waals surface area contributed by atoms with Crippen molar-refractivity contribution in [1.82, 2.24) is 15.0 Å². The van der Waals surface area contributed by atoms with Crippen LogP contribution < -0.4 is 0 Å². The summed E-state index contributed by atoms with van der Waals surface area (Å²) in [6, 6.07) is 0. The van der Waals surface area contributed by atoms with Crippen LogP contribution in [0.3, 0.4) is 0 Å². The highest BCUT2D eigenvalue weighted by Gasteiger charge is 2.16. The third kappa shape index (κ3) is 1.97. The smallest absolute Gasteiger partial charge is 0.137 e. The van der Waals surface area contributed by atoms with Crippen LogP contribution in [0.15, 0.2) is 6.33 Å². The molecule has 1 rings (SSSR count). The Balaban J connectivity index is 3.06. The second kappa shape index (κ2) is 2.57. The molecule has 0 aliphatic carbocycles. The largest absolute Gasteiger partial charge is 0.222 e. The fourth-order valence-corrected chi connectivity index (χ4v) is 0.739. The highest BCUT2D eigenvalue weighted by atomic mass is 15.0. The minimum absolute atomic E-state index is 0.0215. The molecule has 0 aliphatic rings. The van der Waals surface area contributed by atoms with Gasteiger partial charge in [-0.15, -0.1) is 0 Å². The van der Waals surface area contributed by atoms with Crippen molar-refractivity contribution in [2.24, 2.45) is 0 Å². The number of aromatic nitrogens is 3. The molecule has 1 aromatic rings. The van der Waals surface area contributed by atoms with Crippen molar-refractivity contribution >= 4 is 0 Å². The minimum Gasteiger partial charge on any atom is -0.222 e. The predicted octanol–water partition coefficient (Wildman–Crippen LogP) is 1.48. The van der Waals surface area contributed by atoms with Gasteiger partial charge in [0.05, 0.1) is 0 Å². The van der Waals surface area contributed by atoms with E-state index in [9.17, 15) is 0 Å². The van der Waals surface area contributed by atoms with Crippen molar-refractivity contribution in [1.29, 1.82) is 0 Å². The van der Waals surface area contributed by atoms with Gasteiger partial charge in [0.2, 0.25) is 0 Å². The molecule has 60 valence electrons. The zero-order valence-electron chi connectivity index (χ0n) is 7.42. The van der Waals surface area contributed by atoms with Gasteiger partial charge >= 0.3 is 0 Å². The van der Waals surface area contributed by atoms with Gasteiger partial charge in [-0.25, -0.2) is 15.0 Å². The summed E-state index contributed by atoms with van der Waals surface area (Å²) >= 11 is 0. The summed E-state index contributed by atoms with van der Waals surface area (Å²) in [5.74, 6) is 1.63. The lowest BCUT2D eigenvalue weighted by atomic mass is 9.96. The first kappa shape index (κ1) is 8.11. The van der Waals surface area contributed by atoms with E-state index in [1.807, 2.05) is 6.92 Å². The molecule has 0 saturated carbocycles.